The van der Waals surface area contributed by atoms with E-state index in [1.54, 1.807) is 45.0 Å². The van der Waals surface area contributed by atoms with Crippen molar-refractivity contribution in [3.63, 3.8) is 0 Å². The minimum absolute atomic E-state index is 0.269. The van der Waals surface area contributed by atoms with Crippen LogP contribution in [0.25, 0.3) is 10.9 Å². The van der Waals surface area contributed by atoms with Crippen LogP contribution >= 0.6 is 11.8 Å². The van der Waals surface area contributed by atoms with Gasteiger partial charge in [-0.3, -0.25) is 43.2 Å². The Balaban J connectivity index is 1.72. The molecule has 0 saturated carbocycles. The number of nitrogens with one attached hydrogen (secondary N) is 8. The minimum atomic E-state index is -1.73. The third kappa shape index (κ3) is 11.6. The maximum atomic E-state index is 14.4. The topological polar surface area (TPSA) is 344 Å². The van der Waals surface area contributed by atoms with Crippen LogP contribution in [-0.2, 0) is 49.6 Å². The van der Waals surface area contributed by atoms with Crippen LogP contribution in [0.2, 0.25) is 0 Å². The molecule has 3 aliphatic heterocycles. The molecule has 3 aliphatic rings. The molecule has 11 atom stereocenters. The molecule has 0 radical (unpaired) electrons. The normalized spacial score (nSPS) is 28.8. The summed E-state index contributed by atoms with van der Waals surface area (Å²) in [6.07, 6.45) is -3.86. The van der Waals surface area contributed by atoms with Gasteiger partial charge in [0.15, 0.2) is 0 Å². The summed E-state index contributed by atoms with van der Waals surface area (Å²) in [5.41, 5.74) is 6.56. The first-order chi connectivity index (χ1) is 29.8. The zero-order valence-corrected chi connectivity index (χ0v) is 36.1. The SMILES string of the molecule is CC[C@H](C)[C@@H]1NC(=O)CNC(=O)[C@@H]2Cc3c([nH]c4ccccc34)S[C@@H](C)[C@H](NC(=O)CNC1=O)C(=O)N[C@@H](CC(N)=O)C(=O)N1C[C@H](O)C[C@H]1C(=O)N[C@@H]([C@@H](C)[C@@H](O)CO)C(=O)N2. The third-order valence-corrected chi connectivity index (χ3v) is 12.9. The number of hydrogen-bond donors (Lipinski definition) is 12. The van der Waals surface area contributed by atoms with Gasteiger partial charge in [-0.15, -0.1) is 11.8 Å². The Hall–Kier alpha value is -5.78. The molecule has 63 heavy (non-hydrogen) atoms. The quantitative estimate of drug-likeness (QED) is 0.126. The molecular formula is C40H56N10O12S. The van der Waals surface area contributed by atoms with Gasteiger partial charge in [0.05, 0.1) is 43.4 Å². The van der Waals surface area contributed by atoms with Crippen LogP contribution < -0.4 is 43.0 Å². The summed E-state index contributed by atoms with van der Waals surface area (Å²) in [6, 6.07) is -2.15. The van der Waals surface area contributed by atoms with E-state index in [-0.39, 0.29) is 12.8 Å². The molecular weight excluding hydrogens is 845 g/mol. The van der Waals surface area contributed by atoms with E-state index in [0.717, 1.165) is 16.7 Å². The van der Waals surface area contributed by atoms with Crippen molar-refractivity contribution in [2.24, 2.45) is 17.6 Å². The second-order valence-corrected chi connectivity index (χ2v) is 17.6. The van der Waals surface area contributed by atoms with Crippen LogP contribution in [0, 0.1) is 11.8 Å². The molecule has 4 heterocycles. The van der Waals surface area contributed by atoms with Gasteiger partial charge in [0, 0.05) is 41.5 Å². The Morgan fingerprint density at radius 3 is 2.21 bits per heavy atom. The second kappa shape index (κ2) is 21.1. The molecule has 2 bridgehead atoms. The van der Waals surface area contributed by atoms with Gasteiger partial charge in [0.25, 0.3) is 0 Å². The number of aromatic amines is 1. The van der Waals surface area contributed by atoms with Crippen LogP contribution in [0.5, 0.6) is 0 Å². The number of aliphatic hydroxyl groups is 3. The van der Waals surface area contributed by atoms with Gasteiger partial charge in [-0.05, 0) is 17.5 Å². The highest BCUT2D eigenvalue weighted by molar-refractivity contribution is 8.00. The van der Waals surface area contributed by atoms with Crippen LogP contribution in [0.3, 0.4) is 0 Å². The molecule has 13 N–H and O–H groups in total. The Morgan fingerprint density at radius 2 is 1.54 bits per heavy atom. The number of aromatic nitrogens is 1. The number of benzene rings is 1. The Labute approximate surface area is 366 Å². The second-order valence-electron chi connectivity index (χ2n) is 16.2. The molecule has 0 aliphatic carbocycles. The number of carbonyl (C=O) groups is 9. The molecule has 1 saturated heterocycles. The molecule has 2 aromatic rings. The number of hydrogen-bond acceptors (Lipinski definition) is 13. The Bertz CT molecular complexity index is 2100. The van der Waals surface area contributed by atoms with Gasteiger partial charge in [-0.2, -0.15) is 0 Å². The third-order valence-electron chi connectivity index (χ3n) is 11.6. The summed E-state index contributed by atoms with van der Waals surface area (Å²) >= 11 is 1.05. The number of primary amides is 1. The van der Waals surface area contributed by atoms with Crippen molar-refractivity contribution < 1.29 is 58.5 Å². The average molecular weight is 901 g/mol. The van der Waals surface area contributed by atoms with E-state index < -0.39 is 151 Å². The fourth-order valence-corrected chi connectivity index (χ4v) is 8.97. The van der Waals surface area contributed by atoms with Crippen molar-refractivity contribution in [2.45, 2.75) is 112 Å². The van der Waals surface area contributed by atoms with E-state index in [9.17, 15) is 58.5 Å². The van der Waals surface area contributed by atoms with Gasteiger partial charge in [0.2, 0.25) is 53.2 Å². The predicted octanol–water partition coefficient (Wildman–Crippen LogP) is -4.25. The minimum Gasteiger partial charge on any atom is -0.394 e. The molecule has 344 valence electrons. The molecule has 1 fully saturated rings. The lowest BCUT2D eigenvalue weighted by Gasteiger charge is -2.33. The summed E-state index contributed by atoms with van der Waals surface area (Å²) in [4.78, 5) is 128. The number of nitrogens with two attached hydrogens (primary N) is 1. The lowest BCUT2D eigenvalue weighted by Crippen LogP contribution is -2.62. The highest BCUT2D eigenvalue weighted by atomic mass is 32.2. The van der Waals surface area contributed by atoms with Crippen molar-refractivity contribution in [1.82, 2.24) is 47.1 Å². The highest BCUT2D eigenvalue weighted by Crippen LogP contribution is 2.35. The van der Waals surface area contributed by atoms with Crippen molar-refractivity contribution >= 4 is 75.8 Å². The number of aliphatic hydroxyl groups excluding tert-OH is 3. The standard InChI is InChI=1S/C40H56N10O12S/c1-5-17(2)31-36(59)43-14-30(56)48-33-19(4)63-39-22(21-8-6-7-9-23(21)46-39)11-24(34(57)42-13-29(55)47-31)44-37(60)32(18(3)27(53)16-51)49-35(58)26-10-20(52)15-50(26)40(62)25(12-28(41)54)45-38(33)61/h6-9,17-20,24-27,31-33,46,51-53H,5,10-16H2,1-4H3,(H2,41,54)(H,42,57)(H,43,59)(H,44,60)(H,45,61)(H,47,55)(H,48,56)(H,49,58)/t17-,18-,19-,20+,24-,25-,26-,27-,31-,32-,33-/m0/s1. The first-order valence-corrected chi connectivity index (χ1v) is 21.6. The zero-order chi connectivity index (χ0) is 46.3. The van der Waals surface area contributed by atoms with E-state index in [1.165, 1.54) is 6.92 Å². The highest BCUT2D eigenvalue weighted by Gasteiger charge is 2.45. The monoisotopic (exact) mass is 900 g/mol. The summed E-state index contributed by atoms with van der Waals surface area (Å²) in [6.45, 7) is 3.80. The van der Waals surface area contributed by atoms with Crippen LogP contribution in [0.4, 0.5) is 0 Å². The molecule has 9 amide bonds. The summed E-state index contributed by atoms with van der Waals surface area (Å²) in [5.74, 6) is -9.93. The van der Waals surface area contributed by atoms with Crippen molar-refractivity contribution in [1.29, 1.82) is 0 Å². The maximum Gasteiger partial charge on any atom is 0.246 e. The number of rotatable bonds is 7. The fourth-order valence-electron chi connectivity index (χ4n) is 7.76. The molecule has 22 nitrogen and oxygen atoms in total. The molecule has 1 aromatic carbocycles. The predicted molar refractivity (Wildman–Crippen MR) is 225 cm³/mol. The Morgan fingerprint density at radius 1 is 0.873 bits per heavy atom. The van der Waals surface area contributed by atoms with Crippen molar-refractivity contribution in [2.75, 3.05) is 26.2 Å². The van der Waals surface area contributed by atoms with Crippen LogP contribution in [-0.4, -0.2) is 158 Å². The van der Waals surface area contributed by atoms with Gasteiger partial charge >= 0.3 is 0 Å². The average Bonchev–Trinajstić information content (AvgIpc) is 3.81. The van der Waals surface area contributed by atoms with Crippen LogP contribution in [0.1, 0.15) is 52.5 Å². The largest absolute Gasteiger partial charge is 0.394 e. The van der Waals surface area contributed by atoms with E-state index in [1.807, 2.05) is 0 Å². The summed E-state index contributed by atoms with van der Waals surface area (Å²) in [7, 11) is 0. The molecule has 0 unspecified atom stereocenters. The van der Waals surface area contributed by atoms with E-state index in [2.05, 4.69) is 42.2 Å². The number of H-pyrrole nitrogens is 1. The number of carbonyl (C=O) groups excluding carboxylic acids is 9. The van der Waals surface area contributed by atoms with Gasteiger partial charge in [-0.25, -0.2) is 0 Å². The number of thioether (sulfide) groups is 1. The molecule has 5 rings (SSSR count). The number of amides is 9. The lowest BCUT2D eigenvalue weighted by molar-refractivity contribution is -0.144. The van der Waals surface area contributed by atoms with Crippen LogP contribution in [0.15, 0.2) is 29.3 Å². The van der Waals surface area contributed by atoms with E-state index >= 15 is 0 Å². The van der Waals surface area contributed by atoms with Gasteiger partial charge in [0.1, 0.15) is 36.3 Å². The maximum absolute atomic E-state index is 14.4. The van der Waals surface area contributed by atoms with Crippen molar-refractivity contribution in [3.05, 3.63) is 29.8 Å². The Kier molecular flexibility index (Phi) is 16.1. The molecule has 0 spiro atoms. The first kappa shape index (κ1) is 48.3. The van der Waals surface area contributed by atoms with Gasteiger partial charge < -0.3 is 68.2 Å². The van der Waals surface area contributed by atoms with Crippen molar-refractivity contribution in [3.8, 4) is 0 Å². The van der Waals surface area contributed by atoms with E-state index in [0.29, 0.717) is 27.9 Å². The smallest absolute Gasteiger partial charge is 0.246 e. The molecule has 23 heteroatoms. The summed E-state index contributed by atoms with van der Waals surface area (Å²) in [5, 5.41) is 49.3. The number of para-hydroxylation sites is 1. The molecule has 1 aromatic heterocycles. The number of fused-ring (bicyclic) bond motifs is 5. The summed E-state index contributed by atoms with van der Waals surface area (Å²) < 4.78 is 0. The lowest BCUT2D eigenvalue weighted by atomic mass is 9.93. The fraction of sp³-hybridized carbons (Fsp3) is 0.575. The number of nitrogens with zero attached hydrogens (tertiary/aromatic N) is 1. The van der Waals surface area contributed by atoms with E-state index in [4.69, 9.17) is 5.73 Å². The zero-order valence-electron chi connectivity index (χ0n) is 35.3. The van der Waals surface area contributed by atoms with Gasteiger partial charge in [-0.1, -0.05) is 52.3 Å². The first-order valence-electron chi connectivity index (χ1n) is 20.7.